The number of benzene rings is 2. The van der Waals surface area contributed by atoms with Crippen LogP contribution >= 0.6 is 0 Å². The minimum absolute atomic E-state index is 0.156. The summed E-state index contributed by atoms with van der Waals surface area (Å²) in [4.78, 5) is 14.2. The molecular formula is C24H27N5O2. The minimum Gasteiger partial charge on any atom is -0.506 e. The number of aromatic hydroxyl groups is 1. The third-order valence-electron chi connectivity index (χ3n) is 5.12. The topological polar surface area (TPSA) is 84.2 Å². The lowest BCUT2D eigenvalue weighted by Crippen LogP contribution is -2.09. The largest absolute Gasteiger partial charge is 0.506 e. The Kier molecular flexibility index (Phi) is 5.77. The van der Waals surface area contributed by atoms with E-state index in [1.165, 1.54) is 11.1 Å². The van der Waals surface area contributed by atoms with Crippen molar-refractivity contribution in [1.82, 2.24) is 14.5 Å². The van der Waals surface area contributed by atoms with Crippen LogP contribution in [0.4, 0.5) is 11.6 Å². The van der Waals surface area contributed by atoms with Crippen LogP contribution in [0.25, 0.3) is 11.0 Å². The van der Waals surface area contributed by atoms with Crippen LogP contribution in [-0.2, 0) is 17.9 Å². The van der Waals surface area contributed by atoms with Crippen molar-refractivity contribution < 1.29 is 9.94 Å². The van der Waals surface area contributed by atoms with Crippen molar-refractivity contribution in [2.24, 2.45) is 0 Å². The molecule has 0 amide bonds. The zero-order chi connectivity index (χ0) is 22.0. The number of aryl methyl sites for hydroxylation is 3. The number of fused-ring (bicyclic) bond motifs is 1. The second kappa shape index (κ2) is 8.65. The molecule has 7 heteroatoms. The monoisotopic (exact) mass is 417 g/mol. The molecule has 0 radical (unpaired) electrons. The van der Waals surface area contributed by atoms with Gasteiger partial charge in [-0.3, -0.25) is 9.82 Å². The maximum atomic E-state index is 10.3. The summed E-state index contributed by atoms with van der Waals surface area (Å²) in [5.74, 6) is 0.711. The molecule has 0 saturated carbocycles. The van der Waals surface area contributed by atoms with Crippen LogP contribution in [0.15, 0.2) is 48.5 Å². The Balaban J connectivity index is 1.67. The van der Waals surface area contributed by atoms with Crippen LogP contribution in [0.1, 0.15) is 28.1 Å². The Morgan fingerprint density at radius 2 is 1.74 bits per heavy atom. The first-order valence-corrected chi connectivity index (χ1v) is 10.2. The van der Waals surface area contributed by atoms with Crippen LogP contribution < -0.4 is 10.8 Å². The molecule has 3 N–H and O–H groups in total. The van der Waals surface area contributed by atoms with E-state index in [0.29, 0.717) is 24.7 Å². The number of imidazole rings is 1. The van der Waals surface area contributed by atoms with Gasteiger partial charge in [-0.25, -0.2) is 10.5 Å². The number of anilines is 2. The molecule has 0 spiro atoms. The summed E-state index contributed by atoms with van der Waals surface area (Å²) in [6.45, 7) is 7.15. The van der Waals surface area contributed by atoms with Gasteiger partial charge in [-0.1, -0.05) is 12.1 Å². The predicted molar refractivity (Wildman–Crippen MR) is 123 cm³/mol. The average molecular weight is 418 g/mol. The van der Waals surface area contributed by atoms with Crippen LogP contribution in [0.5, 0.6) is 5.75 Å². The zero-order valence-electron chi connectivity index (χ0n) is 18.2. The maximum absolute atomic E-state index is 10.3. The van der Waals surface area contributed by atoms with Crippen molar-refractivity contribution in [3.63, 3.8) is 0 Å². The van der Waals surface area contributed by atoms with Crippen LogP contribution in [-0.4, -0.2) is 26.8 Å². The van der Waals surface area contributed by atoms with Crippen molar-refractivity contribution in [2.75, 3.05) is 17.9 Å². The maximum Gasteiger partial charge on any atom is 0.228 e. The highest BCUT2D eigenvalue weighted by atomic mass is 16.6. The molecular weight excluding hydrogens is 390 g/mol. The van der Waals surface area contributed by atoms with Gasteiger partial charge in [-0.15, -0.1) is 0 Å². The van der Waals surface area contributed by atoms with Crippen molar-refractivity contribution in [3.8, 4) is 5.75 Å². The van der Waals surface area contributed by atoms with Gasteiger partial charge in [0.05, 0.1) is 24.7 Å². The summed E-state index contributed by atoms with van der Waals surface area (Å²) in [7, 11) is 1.55. The van der Waals surface area contributed by atoms with Gasteiger partial charge in [0.1, 0.15) is 11.4 Å². The van der Waals surface area contributed by atoms with E-state index in [2.05, 4.69) is 64.9 Å². The van der Waals surface area contributed by atoms with Gasteiger partial charge in [0.15, 0.2) is 0 Å². The first-order chi connectivity index (χ1) is 14.9. The smallest absolute Gasteiger partial charge is 0.228 e. The molecule has 160 valence electrons. The van der Waals surface area contributed by atoms with E-state index in [9.17, 15) is 5.11 Å². The molecule has 0 fully saturated rings. The van der Waals surface area contributed by atoms with Crippen LogP contribution in [0.3, 0.4) is 0 Å². The fourth-order valence-electron chi connectivity index (χ4n) is 3.76. The highest BCUT2D eigenvalue weighted by Gasteiger charge is 2.14. The lowest BCUT2D eigenvalue weighted by Gasteiger charge is -2.12. The molecule has 0 aliphatic rings. The number of nitrogens with one attached hydrogen (secondary N) is 2. The molecule has 2 heterocycles. The van der Waals surface area contributed by atoms with Crippen molar-refractivity contribution in [1.29, 1.82) is 0 Å². The van der Waals surface area contributed by atoms with Gasteiger partial charge in [0.2, 0.25) is 5.95 Å². The summed E-state index contributed by atoms with van der Waals surface area (Å²) in [5, 5.41) is 13.8. The number of hydrogen-bond donors (Lipinski definition) is 3. The molecule has 0 saturated heterocycles. The normalized spacial score (nSPS) is 11.1. The Bertz CT molecular complexity index is 1210. The van der Waals surface area contributed by atoms with E-state index in [1.54, 1.807) is 19.2 Å². The standard InChI is InChI=1S/C24H27N5O2/c1-15-9-16(2)11-19(10-15)25-13-18-6-7-20-22(12-18)29(24(27-20)28-31-4)14-21-23(30)8-5-17(3)26-21/h5-12,25,30H,13-14H2,1-4H3,(H,27,28). The number of pyridine rings is 1. The van der Waals surface area contributed by atoms with E-state index in [0.717, 1.165) is 28.0 Å². The predicted octanol–water partition coefficient (Wildman–Crippen LogP) is 4.70. The van der Waals surface area contributed by atoms with Gasteiger partial charge >= 0.3 is 0 Å². The van der Waals surface area contributed by atoms with Gasteiger partial charge in [0.25, 0.3) is 0 Å². The molecule has 0 unspecified atom stereocenters. The highest BCUT2D eigenvalue weighted by Crippen LogP contribution is 2.25. The van der Waals surface area contributed by atoms with E-state index < -0.39 is 0 Å². The van der Waals surface area contributed by atoms with Gasteiger partial charge in [-0.05, 0) is 73.9 Å². The molecule has 4 aromatic rings. The second-order valence-corrected chi connectivity index (χ2v) is 7.80. The summed E-state index contributed by atoms with van der Waals surface area (Å²) in [6.07, 6.45) is 0. The fourth-order valence-corrected chi connectivity index (χ4v) is 3.76. The zero-order valence-corrected chi connectivity index (χ0v) is 18.2. The number of hydrogen-bond acceptors (Lipinski definition) is 6. The molecule has 2 aromatic heterocycles. The first-order valence-electron chi connectivity index (χ1n) is 10.2. The molecule has 7 nitrogen and oxygen atoms in total. The Labute approximate surface area is 181 Å². The molecule has 31 heavy (non-hydrogen) atoms. The van der Waals surface area contributed by atoms with E-state index in [-0.39, 0.29) is 5.75 Å². The lowest BCUT2D eigenvalue weighted by molar-refractivity contribution is 0.265. The lowest BCUT2D eigenvalue weighted by atomic mass is 10.1. The third-order valence-corrected chi connectivity index (χ3v) is 5.12. The second-order valence-electron chi connectivity index (χ2n) is 7.80. The summed E-state index contributed by atoms with van der Waals surface area (Å²) in [5.41, 5.74) is 10.7. The molecule has 2 aromatic carbocycles. The minimum atomic E-state index is 0.156. The average Bonchev–Trinajstić information content (AvgIpc) is 3.05. The molecule has 0 aliphatic carbocycles. The summed E-state index contributed by atoms with van der Waals surface area (Å²) >= 11 is 0. The van der Waals surface area contributed by atoms with Crippen molar-refractivity contribution in [3.05, 3.63) is 76.6 Å². The molecule has 0 atom stereocenters. The number of nitrogens with zero attached hydrogens (tertiary/aromatic N) is 3. The quantitative estimate of drug-likeness (QED) is 0.378. The van der Waals surface area contributed by atoms with Gasteiger partial charge in [-0.2, -0.15) is 0 Å². The fraction of sp³-hybridized carbons (Fsp3) is 0.250. The van der Waals surface area contributed by atoms with E-state index in [4.69, 9.17) is 4.84 Å². The third kappa shape index (κ3) is 4.62. The highest BCUT2D eigenvalue weighted by molar-refractivity contribution is 5.79. The summed E-state index contributed by atoms with van der Waals surface area (Å²) in [6, 6.07) is 16.1. The number of rotatable bonds is 7. The Hall–Kier alpha value is -3.58. The molecule has 4 rings (SSSR count). The van der Waals surface area contributed by atoms with Crippen molar-refractivity contribution in [2.45, 2.75) is 33.9 Å². The Morgan fingerprint density at radius 3 is 2.48 bits per heavy atom. The van der Waals surface area contributed by atoms with E-state index >= 15 is 0 Å². The van der Waals surface area contributed by atoms with E-state index in [1.807, 2.05) is 17.6 Å². The molecule has 0 aliphatic heterocycles. The molecule has 0 bridgehead atoms. The SMILES string of the molecule is CONc1nc2ccc(CNc3cc(C)cc(C)c3)cc2n1Cc1nc(C)ccc1O. The van der Waals surface area contributed by atoms with Gasteiger partial charge in [0, 0.05) is 17.9 Å². The van der Waals surface area contributed by atoms with Crippen LogP contribution in [0.2, 0.25) is 0 Å². The van der Waals surface area contributed by atoms with Crippen molar-refractivity contribution >= 4 is 22.7 Å². The van der Waals surface area contributed by atoms with Gasteiger partial charge < -0.3 is 15.0 Å². The Morgan fingerprint density at radius 1 is 0.968 bits per heavy atom. The number of aromatic nitrogens is 3. The summed E-state index contributed by atoms with van der Waals surface area (Å²) < 4.78 is 1.96. The van der Waals surface area contributed by atoms with Crippen LogP contribution in [0, 0.1) is 20.8 Å². The first kappa shape index (κ1) is 20.7.